The van der Waals surface area contributed by atoms with Crippen molar-refractivity contribution in [3.05, 3.63) is 84.4 Å². The highest BCUT2D eigenvalue weighted by atomic mass is 16.3. The first-order valence-corrected chi connectivity index (χ1v) is 8.78. The molecule has 0 saturated carbocycles. The molecule has 0 saturated heterocycles. The van der Waals surface area contributed by atoms with Gasteiger partial charge in [-0.1, -0.05) is 42.5 Å². The molecule has 3 nitrogen and oxygen atoms in total. The number of hydrogen-bond acceptors (Lipinski definition) is 3. The fraction of sp³-hybridized carbons (Fsp3) is 0.130. The van der Waals surface area contributed by atoms with Crippen LogP contribution in [-0.2, 0) is 6.42 Å². The Bertz CT molecular complexity index is 1140. The number of para-hydroxylation sites is 1. The van der Waals surface area contributed by atoms with Crippen LogP contribution in [-0.4, -0.2) is 9.97 Å². The number of aryl methyl sites for hydroxylation is 1. The summed E-state index contributed by atoms with van der Waals surface area (Å²) in [6.07, 6.45) is 8.97. The zero-order chi connectivity index (χ0) is 17.9. The lowest BCUT2D eigenvalue weighted by atomic mass is 10.1. The molecule has 0 aliphatic rings. The van der Waals surface area contributed by atoms with Gasteiger partial charge in [0.2, 0.25) is 0 Å². The van der Waals surface area contributed by atoms with E-state index in [2.05, 4.69) is 40.3 Å². The summed E-state index contributed by atoms with van der Waals surface area (Å²) in [5.41, 5.74) is 4.85. The summed E-state index contributed by atoms with van der Waals surface area (Å²) in [5.74, 6) is 0.786. The van der Waals surface area contributed by atoms with E-state index in [1.165, 1.54) is 0 Å². The van der Waals surface area contributed by atoms with Crippen LogP contribution < -0.4 is 0 Å². The van der Waals surface area contributed by atoms with Crippen molar-refractivity contribution < 1.29 is 4.42 Å². The third-order valence-electron chi connectivity index (χ3n) is 4.33. The average molecular weight is 340 g/mol. The van der Waals surface area contributed by atoms with E-state index in [1.807, 2.05) is 56.3 Å². The number of fused-ring (bicyclic) bond motifs is 3. The molecule has 4 rings (SSSR count). The molecule has 2 aromatic heterocycles. The van der Waals surface area contributed by atoms with Crippen LogP contribution in [0.3, 0.4) is 0 Å². The molecule has 26 heavy (non-hydrogen) atoms. The Kier molecular flexibility index (Phi) is 4.36. The minimum absolute atomic E-state index is 0.786. The van der Waals surface area contributed by atoms with Crippen LogP contribution in [0.1, 0.15) is 18.4 Å². The quantitative estimate of drug-likeness (QED) is 0.426. The van der Waals surface area contributed by atoms with E-state index < -0.39 is 0 Å². The standard InChI is InChI=1S/C23H20N2O/c1-3-4-5-6-9-18-15-21(25-16(2)24-18)17-12-13-23-20(14-17)19-10-7-8-11-22(19)26-23/h3-8,10-15H,9H2,1-2H3/b4-3-,6-5-. The molecule has 2 aromatic carbocycles. The van der Waals surface area contributed by atoms with E-state index in [4.69, 9.17) is 4.42 Å². The average Bonchev–Trinajstić information content (AvgIpc) is 3.03. The maximum atomic E-state index is 5.92. The Morgan fingerprint density at radius 2 is 1.77 bits per heavy atom. The van der Waals surface area contributed by atoms with E-state index in [0.717, 1.165) is 51.1 Å². The number of allylic oxidation sites excluding steroid dienone is 4. The molecule has 4 aromatic rings. The van der Waals surface area contributed by atoms with Gasteiger partial charge in [0.05, 0.1) is 5.69 Å². The van der Waals surface area contributed by atoms with Gasteiger partial charge in [-0.05, 0) is 44.2 Å². The van der Waals surface area contributed by atoms with Crippen molar-refractivity contribution in [3.8, 4) is 11.3 Å². The lowest BCUT2D eigenvalue weighted by molar-refractivity contribution is 0.669. The second-order valence-corrected chi connectivity index (χ2v) is 6.26. The van der Waals surface area contributed by atoms with E-state index >= 15 is 0 Å². The van der Waals surface area contributed by atoms with Crippen LogP contribution in [0.4, 0.5) is 0 Å². The third kappa shape index (κ3) is 3.16. The number of nitrogens with zero attached hydrogens (tertiary/aromatic N) is 2. The van der Waals surface area contributed by atoms with Crippen molar-refractivity contribution >= 4 is 21.9 Å². The molecular formula is C23H20N2O. The highest BCUT2D eigenvalue weighted by Crippen LogP contribution is 2.31. The number of rotatable bonds is 4. The molecule has 0 fully saturated rings. The number of hydrogen-bond donors (Lipinski definition) is 0. The highest BCUT2D eigenvalue weighted by Gasteiger charge is 2.10. The van der Waals surface area contributed by atoms with Crippen molar-refractivity contribution in [2.24, 2.45) is 0 Å². The summed E-state index contributed by atoms with van der Waals surface area (Å²) in [5, 5.41) is 2.24. The van der Waals surface area contributed by atoms with Gasteiger partial charge >= 0.3 is 0 Å². The van der Waals surface area contributed by atoms with Crippen LogP contribution >= 0.6 is 0 Å². The van der Waals surface area contributed by atoms with Crippen molar-refractivity contribution in [1.29, 1.82) is 0 Å². The van der Waals surface area contributed by atoms with Gasteiger partial charge in [0.1, 0.15) is 17.0 Å². The molecule has 0 spiro atoms. The van der Waals surface area contributed by atoms with Crippen LogP contribution in [0.5, 0.6) is 0 Å². The Morgan fingerprint density at radius 1 is 0.923 bits per heavy atom. The van der Waals surface area contributed by atoms with Crippen molar-refractivity contribution in [2.45, 2.75) is 20.3 Å². The van der Waals surface area contributed by atoms with Gasteiger partial charge in [0.15, 0.2) is 0 Å². The fourth-order valence-corrected chi connectivity index (χ4v) is 3.15. The third-order valence-corrected chi connectivity index (χ3v) is 4.33. The normalized spacial score (nSPS) is 12.1. The minimum Gasteiger partial charge on any atom is -0.456 e. The molecule has 0 radical (unpaired) electrons. The molecule has 0 aliphatic heterocycles. The summed E-state index contributed by atoms with van der Waals surface area (Å²) in [6, 6.07) is 16.4. The predicted octanol–water partition coefficient (Wildman–Crippen LogP) is 6.03. The maximum Gasteiger partial charge on any atom is 0.135 e. The van der Waals surface area contributed by atoms with Crippen molar-refractivity contribution in [2.75, 3.05) is 0 Å². The molecule has 3 heteroatoms. The number of furan rings is 1. The molecule has 2 heterocycles. The Balaban J connectivity index is 1.76. The minimum atomic E-state index is 0.786. The number of benzene rings is 2. The van der Waals surface area contributed by atoms with Crippen LogP contribution in [0, 0.1) is 6.92 Å². The first-order chi connectivity index (χ1) is 12.7. The maximum absolute atomic E-state index is 5.92. The monoisotopic (exact) mass is 340 g/mol. The first-order valence-electron chi connectivity index (χ1n) is 8.78. The zero-order valence-corrected chi connectivity index (χ0v) is 14.9. The van der Waals surface area contributed by atoms with Gasteiger partial charge in [-0.25, -0.2) is 9.97 Å². The summed E-state index contributed by atoms with van der Waals surface area (Å²) in [7, 11) is 0. The smallest absolute Gasteiger partial charge is 0.135 e. The molecule has 0 aliphatic carbocycles. The van der Waals surface area contributed by atoms with E-state index in [0.29, 0.717) is 0 Å². The Morgan fingerprint density at radius 3 is 2.65 bits per heavy atom. The molecule has 0 amide bonds. The van der Waals surface area contributed by atoms with E-state index in [9.17, 15) is 0 Å². The van der Waals surface area contributed by atoms with Crippen molar-refractivity contribution in [1.82, 2.24) is 9.97 Å². The lowest BCUT2D eigenvalue weighted by Crippen LogP contribution is -1.97. The van der Waals surface area contributed by atoms with Gasteiger partial charge in [-0.3, -0.25) is 0 Å². The van der Waals surface area contributed by atoms with Crippen molar-refractivity contribution in [3.63, 3.8) is 0 Å². The molecule has 0 N–H and O–H groups in total. The van der Waals surface area contributed by atoms with Gasteiger partial charge in [0.25, 0.3) is 0 Å². The SMILES string of the molecule is C/C=C\C=C/Cc1cc(-c2ccc3oc4ccccc4c3c2)nc(C)n1. The summed E-state index contributed by atoms with van der Waals surface area (Å²) < 4.78 is 5.92. The molecule has 128 valence electrons. The highest BCUT2D eigenvalue weighted by molar-refractivity contribution is 6.06. The van der Waals surface area contributed by atoms with Gasteiger partial charge < -0.3 is 4.42 Å². The molecule has 0 bridgehead atoms. The van der Waals surface area contributed by atoms with E-state index in [1.54, 1.807) is 0 Å². The summed E-state index contributed by atoms with van der Waals surface area (Å²) >= 11 is 0. The van der Waals surface area contributed by atoms with Crippen LogP contribution in [0.15, 0.2) is 77.3 Å². The lowest BCUT2D eigenvalue weighted by Gasteiger charge is -2.05. The first kappa shape index (κ1) is 16.3. The number of aromatic nitrogens is 2. The molecular weight excluding hydrogens is 320 g/mol. The molecule has 0 unspecified atom stereocenters. The fourth-order valence-electron chi connectivity index (χ4n) is 3.15. The van der Waals surface area contributed by atoms with Crippen LogP contribution in [0.25, 0.3) is 33.2 Å². The Labute approximate surface area is 152 Å². The van der Waals surface area contributed by atoms with Gasteiger partial charge in [0, 0.05) is 28.5 Å². The molecule has 0 atom stereocenters. The Hall–Kier alpha value is -3.20. The van der Waals surface area contributed by atoms with E-state index in [-0.39, 0.29) is 0 Å². The van der Waals surface area contributed by atoms with Gasteiger partial charge in [-0.2, -0.15) is 0 Å². The topological polar surface area (TPSA) is 38.9 Å². The summed E-state index contributed by atoms with van der Waals surface area (Å²) in [6.45, 7) is 3.95. The predicted molar refractivity (Wildman–Crippen MR) is 107 cm³/mol. The second kappa shape index (κ2) is 6.96. The van der Waals surface area contributed by atoms with Gasteiger partial charge in [-0.15, -0.1) is 0 Å². The van der Waals surface area contributed by atoms with Crippen LogP contribution in [0.2, 0.25) is 0 Å². The second-order valence-electron chi connectivity index (χ2n) is 6.26. The largest absolute Gasteiger partial charge is 0.456 e. The summed E-state index contributed by atoms with van der Waals surface area (Å²) in [4.78, 5) is 9.19. The zero-order valence-electron chi connectivity index (χ0n) is 14.9.